The van der Waals surface area contributed by atoms with Crippen LogP contribution in [0.2, 0.25) is 0 Å². The summed E-state index contributed by atoms with van der Waals surface area (Å²) in [6.07, 6.45) is 1.72. The monoisotopic (exact) mass is 281 g/mol. The van der Waals surface area contributed by atoms with Crippen molar-refractivity contribution >= 4 is 0 Å². The van der Waals surface area contributed by atoms with Crippen LogP contribution in [0.15, 0.2) is 36.5 Å². The Bertz CT molecular complexity index is 772. The summed E-state index contributed by atoms with van der Waals surface area (Å²) in [5, 5.41) is 26.9. The van der Waals surface area contributed by atoms with Crippen LogP contribution >= 0.6 is 0 Å². The third kappa shape index (κ3) is 2.23. The zero-order valence-corrected chi connectivity index (χ0v) is 11.8. The second-order valence-electron chi connectivity index (χ2n) is 4.94. The van der Waals surface area contributed by atoms with Gasteiger partial charge in [-0.05, 0) is 37.6 Å². The van der Waals surface area contributed by atoms with E-state index in [-0.39, 0.29) is 11.5 Å². The van der Waals surface area contributed by atoms with Crippen molar-refractivity contribution in [1.82, 2.24) is 15.2 Å². The van der Waals surface area contributed by atoms with Crippen LogP contribution in [0.1, 0.15) is 11.1 Å². The molecule has 0 saturated carbocycles. The Morgan fingerprint density at radius 2 is 1.90 bits per heavy atom. The average molecular weight is 281 g/mol. The van der Waals surface area contributed by atoms with E-state index in [0.717, 1.165) is 22.5 Å². The molecule has 0 bridgehead atoms. The van der Waals surface area contributed by atoms with E-state index in [1.54, 1.807) is 12.3 Å². The minimum Gasteiger partial charge on any atom is -0.508 e. The molecular formula is C16H15N3O2. The van der Waals surface area contributed by atoms with Crippen LogP contribution in [0.25, 0.3) is 22.6 Å². The molecule has 2 aromatic heterocycles. The highest BCUT2D eigenvalue weighted by molar-refractivity contribution is 5.78. The minimum atomic E-state index is 0.00895. The van der Waals surface area contributed by atoms with Crippen LogP contribution in [-0.4, -0.2) is 25.4 Å². The molecule has 3 aromatic rings. The first-order valence-corrected chi connectivity index (χ1v) is 6.57. The topological polar surface area (TPSA) is 82.0 Å². The lowest BCUT2D eigenvalue weighted by atomic mass is 10.00. The first-order chi connectivity index (χ1) is 10.1. The van der Waals surface area contributed by atoms with E-state index in [1.165, 1.54) is 6.07 Å². The molecule has 0 aliphatic rings. The van der Waals surface area contributed by atoms with E-state index in [2.05, 4.69) is 15.2 Å². The lowest BCUT2D eigenvalue weighted by molar-refractivity contribution is 0.451. The van der Waals surface area contributed by atoms with Gasteiger partial charge in [0, 0.05) is 23.4 Å². The maximum Gasteiger partial charge on any atom is 0.129 e. The Morgan fingerprint density at radius 3 is 2.57 bits per heavy atom. The van der Waals surface area contributed by atoms with Gasteiger partial charge >= 0.3 is 0 Å². The van der Waals surface area contributed by atoms with Gasteiger partial charge in [0.05, 0.1) is 17.1 Å². The van der Waals surface area contributed by atoms with E-state index in [4.69, 9.17) is 0 Å². The lowest BCUT2D eigenvalue weighted by Crippen LogP contribution is -1.88. The number of H-pyrrole nitrogens is 1. The van der Waals surface area contributed by atoms with E-state index < -0.39 is 0 Å². The van der Waals surface area contributed by atoms with Crippen molar-refractivity contribution in [3.05, 3.63) is 47.7 Å². The highest BCUT2D eigenvalue weighted by Gasteiger charge is 2.18. The molecule has 2 heterocycles. The van der Waals surface area contributed by atoms with Gasteiger partial charge in [-0.2, -0.15) is 5.10 Å². The minimum absolute atomic E-state index is 0.00895. The Hall–Kier alpha value is -2.82. The molecule has 0 amide bonds. The van der Waals surface area contributed by atoms with Gasteiger partial charge in [0.1, 0.15) is 11.5 Å². The summed E-state index contributed by atoms with van der Waals surface area (Å²) in [5.41, 5.74) is 4.55. The number of pyridine rings is 1. The third-order valence-electron chi connectivity index (χ3n) is 3.47. The van der Waals surface area contributed by atoms with Crippen LogP contribution in [-0.2, 0) is 0 Å². The molecule has 0 saturated heterocycles. The summed E-state index contributed by atoms with van der Waals surface area (Å²) in [6, 6.07) is 8.58. The Balaban J connectivity index is 2.16. The molecule has 5 heteroatoms. The summed E-state index contributed by atoms with van der Waals surface area (Å²) < 4.78 is 0. The average Bonchev–Trinajstić information content (AvgIpc) is 2.81. The molecule has 0 spiro atoms. The predicted molar refractivity (Wildman–Crippen MR) is 80.1 cm³/mol. The maximum atomic E-state index is 10.1. The third-order valence-corrected chi connectivity index (χ3v) is 3.47. The van der Waals surface area contributed by atoms with Gasteiger partial charge in [0.2, 0.25) is 0 Å². The highest BCUT2D eigenvalue weighted by Crippen LogP contribution is 2.38. The molecular weight excluding hydrogens is 266 g/mol. The molecule has 3 rings (SSSR count). The number of aromatic hydroxyl groups is 2. The molecule has 1 aromatic carbocycles. The van der Waals surface area contributed by atoms with Gasteiger partial charge in [0.25, 0.3) is 0 Å². The van der Waals surface area contributed by atoms with E-state index in [9.17, 15) is 10.2 Å². The Kier molecular flexibility index (Phi) is 3.10. The fraction of sp³-hybridized carbons (Fsp3) is 0.125. The van der Waals surface area contributed by atoms with Gasteiger partial charge in [0.15, 0.2) is 0 Å². The van der Waals surface area contributed by atoms with Gasteiger partial charge in [-0.3, -0.25) is 10.1 Å². The Morgan fingerprint density at radius 1 is 1.10 bits per heavy atom. The first kappa shape index (κ1) is 13.2. The number of aromatic amines is 1. The normalized spacial score (nSPS) is 10.8. The van der Waals surface area contributed by atoms with Gasteiger partial charge in [-0.1, -0.05) is 6.07 Å². The van der Waals surface area contributed by atoms with Crippen molar-refractivity contribution in [1.29, 1.82) is 0 Å². The number of phenols is 2. The van der Waals surface area contributed by atoms with Gasteiger partial charge < -0.3 is 10.2 Å². The molecule has 0 radical (unpaired) electrons. The second kappa shape index (κ2) is 4.94. The van der Waals surface area contributed by atoms with Crippen LogP contribution in [0.4, 0.5) is 0 Å². The molecule has 0 fully saturated rings. The number of aryl methyl sites for hydroxylation is 1. The smallest absolute Gasteiger partial charge is 0.129 e. The Labute approximate surface area is 121 Å². The number of hydrogen-bond acceptors (Lipinski definition) is 4. The second-order valence-corrected chi connectivity index (χ2v) is 4.94. The molecule has 3 N–H and O–H groups in total. The highest BCUT2D eigenvalue weighted by atomic mass is 16.3. The van der Waals surface area contributed by atoms with E-state index in [0.29, 0.717) is 11.3 Å². The standard InChI is InChI=1S/C16H15N3O2/c1-9-7-11(20)8-13(21)14(9)16-10(2)15(18-19-16)12-5-3-4-6-17-12/h3-8,20-21H,1-2H3,(H,18,19). The van der Waals surface area contributed by atoms with Crippen LogP contribution in [0.5, 0.6) is 11.5 Å². The van der Waals surface area contributed by atoms with Crippen LogP contribution < -0.4 is 0 Å². The molecule has 21 heavy (non-hydrogen) atoms. The van der Waals surface area contributed by atoms with Crippen molar-refractivity contribution in [2.75, 3.05) is 0 Å². The number of rotatable bonds is 2. The lowest BCUT2D eigenvalue weighted by Gasteiger charge is -2.08. The summed E-state index contributed by atoms with van der Waals surface area (Å²) in [5.74, 6) is 0.0431. The van der Waals surface area contributed by atoms with Crippen molar-refractivity contribution in [3.8, 4) is 34.1 Å². The zero-order valence-electron chi connectivity index (χ0n) is 11.8. The van der Waals surface area contributed by atoms with Crippen molar-refractivity contribution in [3.63, 3.8) is 0 Å². The fourth-order valence-electron chi connectivity index (χ4n) is 2.46. The largest absolute Gasteiger partial charge is 0.508 e. The summed E-state index contributed by atoms with van der Waals surface area (Å²) >= 11 is 0. The molecule has 0 atom stereocenters. The molecule has 106 valence electrons. The number of nitrogens with one attached hydrogen (secondary N) is 1. The van der Waals surface area contributed by atoms with E-state index in [1.807, 2.05) is 32.0 Å². The number of nitrogens with zero attached hydrogens (tertiary/aromatic N) is 2. The van der Waals surface area contributed by atoms with Crippen molar-refractivity contribution in [2.45, 2.75) is 13.8 Å². The van der Waals surface area contributed by atoms with Gasteiger partial charge in [-0.25, -0.2) is 0 Å². The number of aromatic nitrogens is 3. The molecule has 5 nitrogen and oxygen atoms in total. The zero-order chi connectivity index (χ0) is 15.0. The molecule has 0 unspecified atom stereocenters. The number of benzene rings is 1. The van der Waals surface area contributed by atoms with Crippen LogP contribution in [0, 0.1) is 13.8 Å². The van der Waals surface area contributed by atoms with Crippen LogP contribution in [0.3, 0.4) is 0 Å². The number of phenolic OH excluding ortho intramolecular Hbond substituents is 2. The SMILES string of the molecule is Cc1cc(O)cc(O)c1-c1n[nH]c(-c2ccccn2)c1C. The maximum absolute atomic E-state index is 10.1. The summed E-state index contributed by atoms with van der Waals surface area (Å²) in [7, 11) is 0. The summed E-state index contributed by atoms with van der Waals surface area (Å²) in [6.45, 7) is 3.75. The first-order valence-electron chi connectivity index (χ1n) is 6.57. The molecule has 0 aliphatic heterocycles. The van der Waals surface area contributed by atoms with Gasteiger partial charge in [-0.15, -0.1) is 0 Å². The fourth-order valence-corrected chi connectivity index (χ4v) is 2.46. The van der Waals surface area contributed by atoms with Crippen molar-refractivity contribution in [2.24, 2.45) is 0 Å². The predicted octanol–water partition coefficient (Wildman–Crippen LogP) is 3.17. The van der Waals surface area contributed by atoms with Crippen molar-refractivity contribution < 1.29 is 10.2 Å². The number of hydrogen-bond donors (Lipinski definition) is 3. The molecule has 0 aliphatic carbocycles. The van der Waals surface area contributed by atoms with E-state index >= 15 is 0 Å². The summed E-state index contributed by atoms with van der Waals surface area (Å²) in [4.78, 5) is 4.30. The quantitative estimate of drug-likeness (QED) is 0.674.